The maximum absolute atomic E-state index is 12.1. The zero-order valence-electron chi connectivity index (χ0n) is 15.2. The molecule has 0 saturated carbocycles. The van der Waals surface area contributed by atoms with Gasteiger partial charge in [0.15, 0.2) is 6.61 Å². The quantitative estimate of drug-likeness (QED) is 0.724. The van der Waals surface area contributed by atoms with Crippen molar-refractivity contribution in [2.45, 2.75) is 25.8 Å². The maximum Gasteiger partial charge on any atom is 0.258 e. The van der Waals surface area contributed by atoms with Gasteiger partial charge < -0.3 is 19.4 Å². The van der Waals surface area contributed by atoms with Crippen LogP contribution in [0.5, 0.6) is 5.75 Å². The lowest BCUT2D eigenvalue weighted by Crippen LogP contribution is -2.30. The third-order valence-corrected chi connectivity index (χ3v) is 4.75. The summed E-state index contributed by atoms with van der Waals surface area (Å²) in [6.07, 6.45) is 5.27. The zero-order valence-corrected chi connectivity index (χ0v) is 15.2. The number of hydrogen-bond acceptors (Lipinski definition) is 5. The SMILES string of the molecule is O=C(COc1cccc2ccc(N3CCCCC3)nc12)NCc1ccco1. The molecule has 27 heavy (non-hydrogen) atoms. The molecule has 2 aromatic heterocycles. The topological polar surface area (TPSA) is 67.6 Å². The number of benzene rings is 1. The number of para-hydroxylation sites is 1. The summed E-state index contributed by atoms with van der Waals surface area (Å²) in [5, 5.41) is 3.78. The van der Waals surface area contributed by atoms with Gasteiger partial charge in [0.2, 0.25) is 0 Å². The first-order valence-corrected chi connectivity index (χ1v) is 9.36. The summed E-state index contributed by atoms with van der Waals surface area (Å²) in [6, 6.07) is 13.5. The van der Waals surface area contributed by atoms with Crippen LogP contribution in [0.3, 0.4) is 0 Å². The van der Waals surface area contributed by atoms with Crippen LogP contribution in [-0.2, 0) is 11.3 Å². The van der Waals surface area contributed by atoms with Gasteiger partial charge in [0.1, 0.15) is 22.8 Å². The van der Waals surface area contributed by atoms with Gasteiger partial charge in [-0.2, -0.15) is 0 Å². The van der Waals surface area contributed by atoms with Crippen LogP contribution < -0.4 is 15.0 Å². The van der Waals surface area contributed by atoms with Crippen LogP contribution >= 0.6 is 0 Å². The first-order valence-electron chi connectivity index (χ1n) is 9.36. The molecule has 6 heteroatoms. The second-order valence-electron chi connectivity index (χ2n) is 6.69. The lowest BCUT2D eigenvalue weighted by molar-refractivity contribution is -0.123. The summed E-state index contributed by atoms with van der Waals surface area (Å²) in [7, 11) is 0. The van der Waals surface area contributed by atoms with Gasteiger partial charge in [-0.15, -0.1) is 0 Å². The van der Waals surface area contributed by atoms with Crippen LogP contribution in [0, 0.1) is 0 Å². The van der Waals surface area contributed by atoms with Crippen LogP contribution in [0.15, 0.2) is 53.1 Å². The predicted octanol–water partition coefficient (Wildman–Crippen LogP) is 3.51. The molecule has 0 radical (unpaired) electrons. The smallest absolute Gasteiger partial charge is 0.258 e. The van der Waals surface area contributed by atoms with E-state index in [4.69, 9.17) is 14.1 Å². The van der Waals surface area contributed by atoms with Crippen molar-refractivity contribution in [3.05, 3.63) is 54.5 Å². The number of amides is 1. The number of carbonyl (C=O) groups excluding carboxylic acids is 1. The van der Waals surface area contributed by atoms with Gasteiger partial charge >= 0.3 is 0 Å². The Kier molecular flexibility index (Phi) is 5.23. The number of carbonyl (C=O) groups is 1. The number of anilines is 1. The second kappa shape index (κ2) is 8.12. The van der Waals surface area contributed by atoms with Crippen molar-refractivity contribution in [3.63, 3.8) is 0 Å². The van der Waals surface area contributed by atoms with E-state index in [9.17, 15) is 4.79 Å². The standard InChI is InChI=1S/C21H23N3O3/c25-20(22-14-17-7-5-13-26-17)15-27-18-8-4-6-16-9-10-19(23-21(16)18)24-11-2-1-3-12-24/h4-10,13H,1-3,11-12,14-15H2,(H,22,25). The molecule has 0 aliphatic carbocycles. The number of ether oxygens (including phenoxy) is 1. The summed E-state index contributed by atoms with van der Waals surface area (Å²) >= 11 is 0. The highest BCUT2D eigenvalue weighted by atomic mass is 16.5. The minimum absolute atomic E-state index is 0.0601. The normalized spacial score (nSPS) is 14.3. The van der Waals surface area contributed by atoms with E-state index in [0.717, 1.165) is 29.8 Å². The molecule has 1 aliphatic heterocycles. The van der Waals surface area contributed by atoms with Crippen molar-refractivity contribution < 1.29 is 13.9 Å². The monoisotopic (exact) mass is 365 g/mol. The predicted molar refractivity (Wildman–Crippen MR) is 104 cm³/mol. The number of nitrogens with zero attached hydrogens (tertiary/aromatic N) is 2. The average molecular weight is 365 g/mol. The highest BCUT2D eigenvalue weighted by molar-refractivity contribution is 5.86. The summed E-state index contributed by atoms with van der Waals surface area (Å²) in [6.45, 7) is 2.37. The number of furan rings is 1. The number of aromatic nitrogens is 1. The molecule has 1 saturated heterocycles. The molecule has 0 unspecified atom stereocenters. The van der Waals surface area contributed by atoms with Crippen LogP contribution in [0.4, 0.5) is 5.82 Å². The summed E-state index contributed by atoms with van der Waals surface area (Å²) in [5.74, 6) is 2.11. The van der Waals surface area contributed by atoms with Gasteiger partial charge in [-0.3, -0.25) is 4.79 Å². The van der Waals surface area contributed by atoms with E-state index in [1.54, 1.807) is 12.3 Å². The Hall–Kier alpha value is -3.02. The zero-order chi connectivity index (χ0) is 18.5. The number of hydrogen-bond donors (Lipinski definition) is 1. The Morgan fingerprint density at radius 3 is 2.81 bits per heavy atom. The van der Waals surface area contributed by atoms with Crippen molar-refractivity contribution in [2.75, 3.05) is 24.6 Å². The molecule has 0 spiro atoms. The molecule has 6 nitrogen and oxygen atoms in total. The number of piperidine rings is 1. The fourth-order valence-corrected chi connectivity index (χ4v) is 3.32. The molecule has 1 amide bonds. The summed E-state index contributed by atoms with van der Waals surface area (Å²) in [4.78, 5) is 19.2. The molecule has 0 bridgehead atoms. The van der Waals surface area contributed by atoms with Gasteiger partial charge in [-0.1, -0.05) is 12.1 Å². The Morgan fingerprint density at radius 2 is 2.00 bits per heavy atom. The summed E-state index contributed by atoms with van der Waals surface area (Å²) in [5.41, 5.74) is 0.791. The van der Waals surface area contributed by atoms with Gasteiger partial charge in [0.05, 0.1) is 12.8 Å². The molecular formula is C21H23N3O3. The van der Waals surface area contributed by atoms with Gasteiger partial charge in [0.25, 0.3) is 5.91 Å². The Morgan fingerprint density at radius 1 is 1.11 bits per heavy atom. The van der Waals surface area contributed by atoms with E-state index in [1.807, 2.05) is 24.3 Å². The second-order valence-corrected chi connectivity index (χ2v) is 6.69. The minimum atomic E-state index is -0.199. The lowest BCUT2D eigenvalue weighted by atomic mass is 10.1. The van der Waals surface area contributed by atoms with E-state index in [1.165, 1.54) is 19.3 Å². The molecule has 140 valence electrons. The highest BCUT2D eigenvalue weighted by Crippen LogP contribution is 2.27. The number of fused-ring (bicyclic) bond motifs is 1. The molecule has 4 rings (SSSR count). The van der Waals surface area contributed by atoms with Crippen molar-refractivity contribution in [3.8, 4) is 5.75 Å². The highest BCUT2D eigenvalue weighted by Gasteiger charge is 2.14. The maximum atomic E-state index is 12.1. The van der Waals surface area contributed by atoms with Crippen molar-refractivity contribution in [1.82, 2.24) is 10.3 Å². The fourth-order valence-electron chi connectivity index (χ4n) is 3.32. The number of rotatable bonds is 6. The molecule has 1 N–H and O–H groups in total. The third kappa shape index (κ3) is 4.22. The lowest BCUT2D eigenvalue weighted by Gasteiger charge is -2.28. The summed E-state index contributed by atoms with van der Waals surface area (Å²) < 4.78 is 11.0. The molecule has 1 aromatic carbocycles. The Labute approximate surface area is 158 Å². The van der Waals surface area contributed by atoms with E-state index in [2.05, 4.69) is 22.3 Å². The Bertz CT molecular complexity index is 902. The van der Waals surface area contributed by atoms with Crippen LogP contribution in [0.2, 0.25) is 0 Å². The largest absolute Gasteiger partial charge is 0.481 e. The van der Waals surface area contributed by atoms with Crippen molar-refractivity contribution >= 4 is 22.6 Å². The molecule has 1 aliphatic rings. The first-order chi connectivity index (χ1) is 13.3. The minimum Gasteiger partial charge on any atom is -0.481 e. The fraction of sp³-hybridized carbons (Fsp3) is 0.333. The van der Waals surface area contributed by atoms with E-state index >= 15 is 0 Å². The third-order valence-electron chi connectivity index (χ3n) is 4.75. The molecule has 1 fully saturated rings. The van der Waals surface area contributed by atoms with Crippen LogP contribution in [0.25, 0.3) is 10.9 Å². The van der Waals surface area contributed by atoms with Crippen LogP contribution in [0.1, 0.15) is 25.0 Å². The van der Waals surface area contributed by atoms with E-state index < -0.39 is 0 Å². The molecule has 3 heterocycles. The molecular weight excluding hydrogens is 342 g/mol. The first kappa shape index (κ1) is 17.4. The molecule has 0 atom stereocenters. The van der Waals surface area contributed by atoms with Crippen molar-refractivity contribution in [1.29, 1.82) is 0 Å². The number of pyridine rings is 1. The van der Waals surface area contributed by atoms with Gasteiger partial charge in [0, 0.05) is 18.5 Å². The van der Waals surface area contributed by atoms with Gasteiger partial charge in [-0.05, 0) is 49.6 Å². The Balaban J connectivity index is 1.44. The average Bonchev–Trinajstić information content (AvgIpc) is 3.24. The van der Waals surface area contributed by atoms with E-state index in [0.29, 0.717) is 18.1 Å². The van der Waals surface area contributed by atoms with Gasteiger partial charge in [-0.25, -0.2) is 4.98 Å². The van der Waals surface area contributed by atoms with E-state index in [-0.39, 0.29) is 12.5 Å². The molecule has 3 aromatic rings. The van der Waals surface area contributed by atoms with Crippen molar-refractivity contribution in [2.24, 2.45) is 0 Å². The van der Waals surface area contributed by atoms with Crippen LogP contribution in [-0.4, -0.2) is 30.6 Å². The number of nitrogens with one attached hydrogen (secondary N) is 1.